The SMILES string of the molecule is CCC1CCC(C2CCC(c3ccc(C(F)(F)OC4CCC(C)OC4)c(C(F)(F)F)c3F)CC2)CC1. The van der Waals surface area contributed by atoms with Crippen molar-refractivity contribution >= 4 is 0 Å². The van der Waals surface area contributed by atoms with Crippen LogP contribution in [0, 0.1) is 23.6 Å². The minimum atomic E-state index is -5.27. The van der Waals surface area contributed by atoms with Gasteiger partial charge in [0.05, 0.1) is 24.4 Å². The summed E-state index contributed by atoms with van der Waals surface area (Å²) >= 11 is 0. The average Bonchev–Trinajstić information content (AvgIpc) is 2.84. The van der Waals surface area contributed by atoms with E-state index in [1.54, 1.807) is 6.92 Å². The first kappa shape index (κ1) is 27.7. The summed E-state index contributed by atoms with van der Waals surface area (Å²) in [5.74, 6) is -0.0342. The number of hydrogen-bond acceptors (Lipinski definition) is 2. The van der Waals surface area contributed by atoms with Crippen LogP contribution in [-0.2, 0) is 21.8 Å². The standard InChI is InChI=1S/C28H38F6O2/c1-3-18-5-7-19(8-6-18)20-9-11-21(12-10-20)23-14-15-24(25(26(23)29)27(30,31)32)28(33,34)36-22-13-4-17(2)35-16-22/h14-15,17-22H,3-13,16H2,1-2H3. The van der Waals surface area contributed by atoms with Gasteiger partial charge in [-0.05, 0) is 93.6 Å². The van der Waals surface area contributed by atoms with Gasteiger partial charge in [-0.15, -0.1) is 0 Å². The molecule has 3 fully saturated rings. The third kappa shape index (κ3) is 6.23. The van der Waals surface area contributed by atoms with Crippen molar-refractivity contribution in [3.8, 4) is 0 Å². The lowest BCUT2D eigenvalue weighted by Crippen LogP contribution is -2.36. The van der Waals surface area contributed by atoms with E-state index in [9.17, 15) is 22.0 Å². The molecule has 2 atom stereocenters. The molecule has 0 aromatic heterocycles. The number of ether oxygens (including phenoxy) is 2. The van der Waals surface area contributed by atoms with E-state index in [-0.39, 0.29) is 24.7 Å². The number of alkyl halides is 5. The minimum Gasteiger partial charge on any atom is -0.376 e. The zero-order chi connectivity index (χ0) is 26.1. The van der Waals surface area contributed by atoms with Gasteiger partial charge in [-0.2, -0.15) is 22.0 Å². The van der Waals surface area contributed by atoms with Crippen molar-refractivity contribution in [2.75, 3.05) is 6.61 Å². The maximum Gasteiger partial charge on any atom is 0.419 e. The van der Waals surface area contributed by atoms with E-state index in [2.05, 4.69) is 6.92 Å². The summed E-state index contributed by atoms with van der Waals surface area (Å²) in [6.45, 7) is 3.87. The van der Waals surface area contributed by atoms with Gasteiger partial charge in [0.2, 0.25) is 0 Å². The predicted octanol–water partition coefficient (Wildman–Crippen LogP) is 8.97. The molecule has 0 radical (unpaired) electrons. The number of benzene rings is 1. The van der Waals surface area contributed by atoms with E-state index in [1.165, 1.54) is 32.1 Å². The molecule has 0 bridgehead atoms. The van der Waals surface area contributed by atoms with Crippen molar-refractivity contribution < 1.29 is 35.8 Å². The molecule has 0 amide bonds. The van der Waals surface area contributed by atoms with Gasteiger partial charge in [0.25, 0.3) is 0 Å². The lowest BCUT2D eigenvalue weighted by atomic mass is 9.68. The summed E-state index contributed by atoms with van der Waals surface area (Å²) in [4.78, 5) is 0. The van der Waals surface area contributed by atoms with Crippen LogP contribution in [-0.4, -0.2) is 18.8 Å². The molecular formula is C28H38F6O2. The van der Waals surface area contributed by atoms with Crippen molar-refractivity contribution in [2.45, 2.75) is 115 Å². The fourth-order valence-corrected chi connectivity index (χ4v) is 6.62. The topological polar surface area (TPSA) is 18.5 Å². The molecule has 2 saturated carbocycles. The molecule has 4 rings (SSSR count). The molecule has 36 heavy (non-hydrogen) atoms. The highest BCUT2D eigenvalue weighted by molar-refractivity contribution is 5.39. The highest BCUT2D eigenvalue weighted by atomic mass is 19.4. The maximum absolute atomic E-state index is 15.4. The summed E-state index contributed by atoms with van der Waals surface area (Å²) in [6.07, 6.45) is -1.14. The van der Waals surface area contributed by atoms with Gasteiger partial charge in [-0.25, -0.2) is 4.39 Å². The van der Waals surface area contributed by atoms with E-state index >= 15 is 4.39 Å². The Hall–Kier alpha value is -1.28. The Bertz CT molecular complexity index is 862. The monoisotopic (exact) mass is 520 g/mol. The summed E-state index contributed by atoms with van der Waals surface area (Å²) in [5, 5.41) is 0. The Morgan fingerprint density at radius 1 is 0.861 bits per heavy atom. The molecular weight excluding hydrogens is 482 g/mol. The number of hydrogen-bond donors (Lipinski definition) is 0. The van der Waals surface area contributed by atoms with E-state index in [0.29, 0.717) is 37.2 Å². The van der Waals surface area contributed by atoms with Crippen LogP contribution >= 0.6 is 0 Å². The summed E-state index contributed by atoms with van der Waals surface area (Å²) in [5.41, 5.74) is -3.48. The van der Waals surface area contributed by atoms with Gasteiger partial charge in [0.15, 0.2) is 0 Å². The normalized spacial score (nSPS) is 32.4. The van der Waals surface area contributed by atoms with Crippen LogP contribution in [0.15, 0.2) is 12.1 Å². The first-order valence-corrected chi connectivity index (χ1v) is 13.6. The predicted molar refractivity (Wildman–Crippen MR) is 125 cm³/mol. The van der Waals surface area contributed by atoms with Gasteiger partial charge >= 0.3 is 12.3 Å². The Morgan fingerprint density at radius 2 is 1.47 bits per heavy atom. The Balaban J connectivity index is 1.49. The van der Waals surface area contributed by atoms with Crippen LogP contribution in [0.1, 0.15) is 107 Å². The van der Waals surface area contributed by atoms with Crippen molar-refractivity contribution in [2.24, 2.45) is 17.8 Å². The second-order valence-corrected chi connectivity index (χ2v) is 11.2. The van der Waals surface area contributed by atoms with Crippen molar-refractivity contribution in [3.63, 3.8) is 0 Å². The van der Waals surface area contributed by atoms with Gasteiger partial charge < -0.3 is 9.47 Å². The summed E-state index contributed by atoms with van der Waals surface area (Å²) < 4.78 is 97.1. The molecule has 2 nitrogen and oxygen atoms in total. The number of rotatable bonds is 6. The zero-order valence-corrected chi connectivity index (χ0v) is 21.2. The van der Waals surface area contributed by atoms with Crippen LogP contribution in [0.5, 0.6) is 0 Å². The lowest BCUT2D eigenvalue weighted by molar-refractivity contribution is -0.290. The molecule has 1 aromatic carbocycles. The highest BCUT2D eigenvalue weighted by Crippen LogP contribution is 2.48. The largest absolute Gasteiger partial charge is 0.419 e. The average molecular weight is 521 g/mol. The molecule has 2 unspecified atom stereocenters. The van der Waals surface area contributed by atoms with E-state index in [4.69, 9.17) is 9.47 Å². The van der Waals surface area contributed by atoms with Crippen molar-refractivity contribution in [3.05, 3.63) is 34.6 Å². The molecule has 1 heterocycles. The van der Waals surface area contributed by atoms with Crippen LogP contribution in [0.2, 0.25) is 0 Å². The fourth-order valence-electron chi connectivity index (χ4n) is 6.62. The van der Waals surface area contributed by atoms with E-state index in [0.717, 1.165) is 24.8 Å². The number of halogens is 6. The molecule has 8 heteroatoms. The first-order chi connectivity index (χ1) is 17.0. The van der Waals surface area contributed by atoms with Gasteiger partial charge in [0, 0.05) is 0 Å². The summed E-state index contributed by atoms with van der Waals surface area (Å²) in [7, 11) is 0. The van der Waals surface area contributed by atoms with E-state index in [1.807, 2.05) is 0 Å². The van der Waals surface area contributed by atoms with Crippen molar-refractivity contribution in [1.82, 2.24) is 0 Å². The van der Waals surface area contributed by atoms with Crippen LogP contribution in [0.4, 0.5) is 26.3 Å². The summed E-state index contributed by atoms with van der Waals surface area (Å²) in [6, 6.07) is 1.83. The molecule has 3 aliphatic rings. The van der Waals surface area contributed by atoms with Crippen molar-refractivity contribution in [1.29, 1.82) is 0 Å². The second-order valence-electron chi connectivity index (χ2n) is 11.2. The maximum atomic E-state index is 15.4. The van der Waals surface area contributed by atoms with Gasteiger partial charge in [-0.1, -0.05) is 32.3 Å². The highest BCUT2D eigenvalue weighted by Gasteiger charge is 2.48. The molecule has 0 N–H and O–H groups in total. The van der Waals surface area contributed by atoms with Crippen LogP contribution < -0.4 is 0 Å². The molecule has 0 spiro atoms. The molecule has 1 saturated heterocycles. The third-order valence-corrected chi connectivity index (χ3v) is 8.89. The van der Waals surface area contributed by atoms with Crippen LogP contribution in [0.25, 0.3) is 0 Å². The second kappa shape index (κ2) is 11.2. The Kier molecular flexibility index (Phi) is 8.65. The quantitative estimate of drug-likeness (QED) is 0.349. The molecule has 2 aliphatic carbocycles. The smallest absolute Gasteiger partial charge is 0.376 e. The third-order valence-electron chi connectivity index (χ3n) is 8.89. The lowest BCUT2D eigenvalue weighted by Gasteiger charge is -2.38. The first-order valence-electron chi connectivity index (χ1n) is 13.6. The van der Waals surface area contributed by atoms with E-state index < -0.39 is 41.3 Å². The fraction of sp³-hybridized carbons (Fsp3) is 0.786. The molecule has 1 aromatic rings. The Morgan fingerprint density at radius 3 is 2.00 bits per heavy atom. The van der Waals surface area contributed by atoms with Gasteiger partial charge in [0.1, 0.15) is 11.4 Å². The van der Waals surface area contributed by atoms with Crippen LogP contribution in [0.3, 0.4) is 0 Å². The Labute approximate surface area is 210 Å². The molecule has 1 aliphatic heterocycles. The molecule has 204 valence electrons. The minimum absolute atomic E-state index is 0.107. The van der Waals surface area contributed by atoms with Gasteiger partial charge in [-0.3, -0.25) is 0 Å². The zero-order valence-electron chi connectivity index (χ0n) is 21.2.